The minimum absolute atomic E-state index is 2.13. The van der Waals surface area contributed by atoms with Gasteiger partial charge in [0, 0.05) is 6.42 Å². The molecule has 0 saturated carbocycles. The predicted octanol–water partition coefficient (Wildman–Crippen LogP) is 4.77. The van der Waals surface area contributed by atoms with Crippen LogP contribution in [0.2, 0.25) is 0 Å². The third-order valence-electron chi connectivity index (χ3n) is 1.94. The second-order valence-corrected chi connectivity index (χ2v) is 3.77. The molecule has 0 N–H and O–H groups in total. The molecule has 0 rings (SSSR count). The van der Waals surface area contributed by atoms with E-state index in [1.807, 2.05) is 0 Å². The molecule has 0 radical (unpaired) electrons. The molecular weight excluding hydrogens is 340 g/mol. The summed E-state index contributed by atoms with van der Waals surface area (Å²) in [6.45, 7) is 0. The van der Waals surface area contributed by atoms with E-state index in [4.69, 9.17) is 0 Å². The van der Waals surface area contributed by atoms with Crippen LogP contribution in [0.5, 0.6) is 0 Å². The van der Waals surface area contributed by atoms with Crippen molar-refractivity contribution in [1.29, 1.82) is 0 Å². The maximum Gasteiger partial charge on any atom is 0.428 e. The quantitative estimate of drug-likeness (QED) is 0.652. The fraction of sp³-hybridized carbons (Fsp3) is 1.00. The summed E-state index contributed by atoms with van der Waals surface area (Å²) in [6.07, 6.45) is -36.7. The molecule has 0 saturated heterocycles. The first-order valence-electron chi connectivity index (χ1n) is 4.86. The lowest BCUT2D eigenvalue weighted by atomic mass is 10.2. The monoisotopic (exact) mass is 346 g/mol. The number of alkyl halides is 12. The maximum atomic E-state index is 12.6. The Balaban J connectivity index is 5.05. The van der Waals surface area contributed by atoms with E-state index in [0.29, 0.717) is 0 Å². The highest BCUT2D eigenvalue weighted by molar-refractivity contribution is 4.79. The first-order chi connectivity index (χ1) is 8.97. The van der Waals surface area contributed by atoms with Gasteiger partial charge >= 0.3 is 24.6 Å². The van der Waals surface area contributed by atoms with E-state index in [1.165, 1.54) is 0 Å². The standard InChI is InChI=1S/C8H6F12O/c9-4(7(16,17)18)8(19,20)21-3(6(13,14)15)1-2-5(10,11)12/h3-4H,1-2H2. The normalized spacial score (nSPS) is 17.7. The Bertz CT molecular complexity index is 326. The largest absolute Gasteiger partial charge is 0.428 e. The van der Waals surface area contributed by atoms with Crippen LogP contribution in [0.15, 0.2) is 0 Å². The summed E-state index contributed by atoms with van der Waals surface area (Å²) in [5, 5.41) is 0. The lowest BCUT2D eigenvalue weighted by molar-refractivity contribution is -0.378. The second kappa shape index (κ2) is 6.08. The molecule has 0 spiro atoms. The van der Waals surface area contributed by atoms with Crippen LogP contribution in [-0.2, 0) is 4.74 Å². The number of rotatable bonds is 5. The van der Waals surface area contributed by atoms with E-state index in [0.717, 1.165) is 0 Å². The van der Waals surface area contributed by atoms with Crippen LogP contribution in [0, 0.1) is 0 Å². The van der Waals surface area contributed by atoms with Crippen molar-refractivity contribution >= 4 is 0 Å². The topological polar surface area (TPSA) is 9.23 Å². The van der Waals surface area contributed by atoms with E-state index in [2.05, 4.69) is 4.74 Å². The van der Waals surface area contributed by atoms with E-state index < -0.39 is 49.8 Å². The van der Waals surface area contributed by atoms with Gasteiger partial charge in [0.2, 0.25) is 0 Å². The summed E-state index contributed by atoms with van der Waals surface area (Å²) in [5.41, 5.74) is 0. The summed E-state index contributed by atoms with van der Waals surface area (Å²) < 4.78 is 147. The third-order valence-corrected chi connectivity index (χ3v) is 1.94. The highest BCUT2D eigenvalue weighted by atomic mass is 19.4. The van der Waals surface area contributed by atoms with Gasteiger partial charge in [-0.3, -0.25) is 0 Å². The zero-order valence-electron chi connectivity index (χ0n) is 9.51. The zero-order valence-corrected chi connectivity index (χ0v) is 9.51. The van der Waals surface area contributed by atoms with Crippen LogP contribution in [0.4, 0.5) is 52.7 Å². The Labute approximate surface area is 108 Å². The van der Waals surface area contributed by atoms with Crippen molar-refractivity contribution in [2.45, 2.75) is 49.8 Å². The second-order valence-electron chi connectivity index (χ2n) is 3.77. The molecule has 0 aliphatic heterocycles. The van der Waals surface area contributed by atoms with Crippen molar-refractivity contribution in [3.63, 3.8) is 0 Å². The maximum absolute atomic E-state index is 12.6. The first kappa shape index (κ1) is 20.1. The average Bonchev–Trinajstić information content (AvgIpc) is 2.18. The van der Waals surface area contributed by atoms with E-state index in [9.17, 15) is 52.7 Å². The van der Waals surface area contributed by atoms with Crippen molar-refractivity contribution in [2.24, 2.45) is 0 Å². The highest BCUT2D eigenvalue weighted by Gasteiger charge is 2.61. The Kier molecular flexibility index (Phi) is 5.83. The van der Waals surface area contributed by atoms with Gasteiger partial charge in [-0.1, -0.05) is 0 Å². The first-order valence-corrected chi connectivity index (χ1v) is 4.86. The van der Waals surface area contributed by atoms with Gasteiger partial charge in [-0.25, -0.2) is 4.39 Å². The van der Waals surface area contributed by atoms with Gasteiger partial charge in [0.05, 0.1) is 0 Å². The van der Waals surface area contributed by atoms with Gasteiger partial charge in [-0.2, -0.15) is 48.3 Å². The molecule has 0 aliphatic carbocycles. The minimum Gasteiger partial charge on any atom is -0.305 e. The number of halogens is 12. The summed E-state index contributed by atoms with van der Waals surface area (Å²) in [5.74, 6) is 0. The smallest absolute Gasteiger partial charge is 0.305 e. The number of ether oxygens (including phenoxy) is 1. The van der Waals surface area contributed by atoms with E-state index in [1.54, 1.807) is 0 Å². The molecule has 13 heteroatoms. The Hall–Kier alpha value is -0.880. The molecule has 2 atom stereocenters. The molecule has 0 aromatic carbocycles. The van der Waals surface area contributed by atoms with Gasteiger partial charge in [-0.15, -0.1) is 0 Å². The van der Waals surface area contributed by atoms with Crippen molar-refractivity contribution < 1.29 is 57.4 Å². The molecule has 0 aromatic rings. The van der Waals surface area contributed by atoms with Crippen LogP contribution < -0.4 is 0 Å². The van der Waals surface area contributed by atoms with Gasteiger partial charge in [-0.05, 0) is 6.42 Å². The summed E-state index contributed by atoms with van der Waals surface area (Å²) in [7, 11) is 0. The summed E-state index contributed by atoms with van der Waals surface area (Å²) in [4.78, 5) is 0. The van der Waals surface area contributed by atoms with Crippen LogP contribution in [0.25, 0.3) is 0 Å². The Morgan fingerprint density at radius 1 is 0.714 bits per heavy atom. The lowest BCUT2D eigenvalue weighted by Gasteiger charge is -2.28. The Morgan fingerprint density at radius 3 is 1.43 bits per heavy atom. The lowest BCUT2D eigenvalue weighted by Crippen LogP contribution is -2.48. The van der Waals surface area contributed by atoms with Crippen molar-refractivity contribution in [1.82, 2.24) is 0 Å². The van der Waals surface area contributed by atoms with Crippen LogP contribution in [0.3, 0.4) is 0 Å². The predicted molar refractivity (Wildman–Crippen MR) is 42.1 cm³/mol. The average molecular weight is 346 g/mol. The van der Waals surface area contributed by atoms with Gasteiger partial charge in [0.1, 0.15) is 0 Å². The summed E-state index contributed by atoms with van der Waals surface area (Å²) in [6, 6.07) is 0. The molecule has 21 heavy (non-hydrogen) atoms. The molecule has 128 valence electrons. The fourth-order valence-electron chi connectivity index (χ4n) is 1.02. The SMILES string of the molecule is FC(C(F)(F)F)C(F)(F)OC(CCC(F)(F)F)C(F)(F)F. The number of hydrogen-bond acceptors (Lipinski definition) is 1. The van der Waals surface area contributed by atoms with Crippen molar-refractivity contribution in [3.8, 4) is 0 Å². The van der Waals surface area contributed by atoms with Gasteiger partial charge in [0.25, 0.3) is 6.17 Å². The number of hydrogen-bond donors (Lipinski definition) is 0. The van der Waals surface area contributed by atoms with Crippen molar-refractivity contribution in [3.05, 3.63) is 0 Å². The molecule has 0 fully saturated rings. The molecule has 0 heterocycles. The zero-order chi connectivity index (χ0) is 17.3. The van der Waals surface area contributed by atoms with Crippen LogP contribution in [-0.4, -0.2) is 36.9 Å². The molecule has 1 nitrogen and oxygen atoms in total. The highest BCUT2D eigenvalue weighted by Crippen LogP contribution is 2.40. The Morgan fingerprint density at radius 2 is 1.14 bits per heavy atom. The molecule has 0 bridgehead atoms. The molecule has 0 aromatic heterocycles. The van der Waals surface area contributed by atoms with Gasteiger partial charge in [0.15, 0.2) is 6.10 Å². The molecular formula is C8H6F12O. The third kappa shape index (κ3) is 7.09. The van der Waals surface area contributed by atoms with E-state index >= 15 is 0 Å². The van der Waals surface area contributed by atoms with Crippen LogP contribution in [0.1, 0.15) is 12.8 Å². The van der Waals surface area contributed by atoms with E-state index in [-0.39, 0.29) is 0 Å². The van der Waals surface area contributed by atoms with Crippen LogP contribution >= 0.6 is 0 Å². The molecule has 0 amide bonds. The summed E-state index contributed by atoms with van der Waals surface area (Å²) >= 11 is 0. The molecule has 2 unspecified atom stereocenters. The minimum atomic E-state index is -6.25. The van der Waals surface area contributed by atoms with Gasteiger partial charge < -0.3 is 4.74 Å². The van der Waals surface area contributed by atoms with Crippen molar-refractivity contribution in [2.75, 3.05) is 0 Å². The fourth-order valence-corrected chi connectivity index (χ4v) is 1.02. The molecule has 0 aliphatic rings.